The molecule has 1 aliphatic carbocycles. The first-order valence-electron chi connectivity index (χ1n) is 6.35. The van der Waals surface area contributed by atoms with Gasteiger partial charge in [0.05, 0.1) is 11.8 Å². The van der Waals surface area contributed by atoms with Crippen molar-refractivity contribution in [2.75, 3.05) is 0 Å². The molecule has 4 nitrogen and oxygen atoms in total. The summed E-state index contributed by atoms with van der Waals surface area (Å²) in [5, 5.41) is 11.9. The zero-order valence-electron chi connectivity index (χ0n) is 11.1. The minimum absolute atomic E-state index is 0.106. The van der Waals surface area contributed by atoms with Crippen LogP contribution >= 0.6 is 0 Å². The Bertz CT molecular complexity index is 312. The van der Waals surface area contributed by atoms with Gasteiger partial charge in [0, 0.05) is 6.04 Å². The summed E-state index contributed by atoms with van der Waals surface area (Å²) in [5.74, 6) is -1.87. The Morgan fingerprint density at radius 2 is 1.94 bits per heavy atom. The number of hydrogen-bond acceptors (Lipinski definition) is 2. The summed E-state index contributed by atoms with van der Waals surface area (Å²) >= 11 is 0. The predicted molar refractivity (Wildman–Crippen MR) is 65.5 cm³/mol. The van der Waals surface area contributed by atoms with Crippen molar-refractivity contribution >= 4 is 11.9 Å². The van der Waals surface area contributed by atoms with Gasteiger partial charge in [-0.2, -0.15) is 0 Å². The van der Waals surface area contributed by atoms with Crippen LogP contribution in [0.3, 0.4) is 0 Å². The van der Waals surface area contributed by atoms with Crippen molar-refractivity contribution in [3.63, 3.8) is 0 Å². The van der Waals surface area contributed by atoms with Crippen molar-refractivity contribution in [2.24, 2.45) is 17.3 Å². The number of aliphatic carboxylic acids is 1. The smallest absolute Gasteiger partial charge is 0.307 e. The maximum Gasteiger partial charge on any atom is 0.307 e. The molecule has 1 fully saturated rings. The van der Waals surface area contributed by atoms with E-state index in [1.807, 2.05) is 20.8 Å². The normalized spacial score (nSPS) is 27.3. The Labute approximate surface area is 103 Å². The Hall–Kier alpha value is -1.06. The van der Waals surface area contributed by atoms with E-state index in [1.54, 1.807) is 0 Å². The summed E-state index contributed by atoms with van der Waals surface area (Å²) in [7, 11) is 0. The van der Waals surface area contributed by atoms with Crippen molar-refractivity contribution < 1.29 is 14.7 Å². The first kappa shape index (κ1) is 14.0. The van der Waals surface area contributed by atoms with Gasteiger partial charge in [-0.15, -0.1) is 0 Å². The van der Waals surface area contributed by atoms with E-state index < -0.39 is 17.3 Å². The van der Waals surface area contributed by atoms with Gasteiger partial charge in [-0.05, 0) is 18.8 Å². The van der Waals surface area contributed by atoms with Crippen molar-refractivity contribution in [2.45, 2.75) is 53.0 Å². The molecule has 3 atom stereocenters. The molecule has 17 heavy (non-hydrogen) atoms. The largest absolute Gasteiger partial charge is 0.481 e. The van der Waals surface area contributed by atoms with Gasteiger partial charge in [-0.3, -0.25) is 9.59 Å². The van der Waals surface area contributed by atoms with E-state index in [0.717, 1.165) is 19.3 Å². The third kappa shape index (κ3) is 2.99. The fraction of sp³-hybridized carbons (Fsp3) is 0.846. The molecule has 1 aliphatic rings. The Kier molecular flexibility index (Phi) is 4.17. The van der Waals surface area contributed by atoms with Gasteiger partial charge in [0.15, 0.2) is 0 Å². The van der Waals surface area contributed by atoms with E-state index in [1.165, 1.54) is 0 Å². The lowest BCUT2D eigenvalue weighted by molar-refractivity contribution is -0.140. The third-order valence-electron chi connectivity index (χ3n) is 3.76. The van der Waals surface area contributed by atoms with Crippen LogP contribution in [0.25, 0.3) is 0 Å². The number of unbranched alkanes of at least 4 members (excludes halogenated alkanes) is 1. The van der Waals surface area contributed by atoms with Gasteiger partial charge in [0.1, 0.15) is 0 Å². The van der Waals surface area contributed by atoms with E-state index in [4.69, 9.17) is 5.11 Å². The standard InChI is InChI=1S/C13H23NO3/c1-5-6-7-8(2)14-11(15)9-10(12(16)17)13(9,3)4/h8-10H,5-7H2,1-4H3,(H,14,15)(H,16,17). The van der Waals surface area contributed by atoms with E-state index in [2.05, 4.69) is 12.2 Å². The molecule has 4 heteroatoms. The Morgan fingerprint density at radius 1 is 1.35 bits per heavy atom. The molecule has 3 unspecified atom stereocenters. The van der Waals surface area contributed by atoms with Gasteiger partial charge in [-0.25, -0.2) is 0 Å². The molecule has 1 saturated carbocycles. The molecule has 0 aromatic heterocycles. The van der Waals surface area contributed by atoms with E-state index >= 15 is 0 Å². The minimum atomic E-state index is -0.864. The summed E-state index contributed by atoms with van der Waals surface area (Å²) in [5.41, 5.74) is -0.402. The summed E-state index contributed by atoms with van der Waals surface area (Å²) in [6.07, 6.45) is 3.14. The molecule has 0 bridgehead atoms. The van der Waals surface area contributed by atoms with Crippen LogP contribution in [-0.4, -0.2) is 23.0 Å². The van der Waals surface area contributed by atoms with Crippen molar-refractivity contribution in [1.82, 2.24) is 5.32 Å². The molecule has 0 aliphatic heterocycles. The van der Waals surface area contributed by atoms with Crippen LogP contribution in [0.1, 0.15) is 47.0 Å². The number of hydrogen-bond donors (Lipinski definition) is 2. The van der Waals surface area contributed by atoms with Gasteiger partial charge < -0.3 is 10.4 Å². The third-order valence-corrected chi connectivity index (χ3v) is 3.76. The molecule has 0 saturated heterocycles. The van der Waals surface area contributed by atoms with Crippen LogP contribution in [0.2, 0.25) is 0 Å². The van der Waals surface area contributed by atoms with Gasteiger partial charge in [0.25, 0.3) is 0 Å². The molecule has 1 rings (SSSR count). The van der Waals surface area contributed by atoms with Gasteiger partial charge >= 0.3 is 5.97 Å². The number of carboxylic acid groups (broad SMARTS) is 1. The lowest BCUT2D eigenvalue weighted by atomic mass is 10.1. The average molecular weight is 241 g/mol. The van der Waals surface area contributed by atoms with E-state index in [-0.39, 0.29) is 17.9 Å². The summed E-state index contributed by atoms with van der Waals surface area (Å²) in [4.78, 5) is 22.9. The SMILES string of the molecule is CCCCC(C)NC(=O)C1C(C(=O)O)C1(C)C. The lowest BCUT2D eigenvalue weighted by Gasteiger charge is -2.13. The molecule has 0 spiro atoms. The summed E-state index contributed by atoms with van der Waals surface area (Å²) in [6.45, 7) is 7.76. The first-order valence-corrected chi connectivity index (χ1v) is 6.35. The highest BCUT2D eigenvalue weighted by molar-refractivity contribution is 5.91. The van der Waals surface area contributed by atoms with Gasteiger partial charge in [0.2, 0.25) is 5.91 Å². The summed E-state index contributed by atoms with van der Waals surface area (Å²) < 4.78 is 0. The highest BCUT2D eigenvalue weighted by Gasteiger charge is 2.65. The average Bonchev–Trinajstić information content (AvgIpc) is 2.78. The molecule has 2 N–H and O–H groups in total. The number of carbonyl (C=O) groups excluding carboxylic acids is 1. The van der Waals surface area contributed by atoms with E-state index in [0.29, 0.717) is 0 Å². The van der Waals surface area contributed by atoms with Crippen LogP contribution in [0, 0.1) is 17.3 Å². The van der Waals surface area contributed by atoms with Crippen LogP contribution in [0.5, 0.6) is 0 Å². The maximum atomic E-state index is 11.9. The van der Waals surface area contributed by atoms with Crippen molar-refractivity contribution in [3.05, 3.63) is 0 Å². The molecule has 98 valence electrons. The maximum absolute atomic E-state index is 11.9. The second-order valence-electron chi connectivity index (χ2n) is 5.67. The van der Waals surface area contributed by atoms with Crippen LogP contribution in [-0.2, 0) is 9.59 Å². The second kappa shape index (κ2) is 5.07. The predicted octanol–water partition coefficient (Wildman–Crippen LogP) is 2.04. The van der Waals surface area contributed by atoms with Crippen LogP contribution in [0.4, 0.5) is 0 Å². The fourth-order valence-corrected chi connectivity index (χ4v) is 2.50. The molecule has 1 amide bonds. The molecule has 0 aromatic carbocycles. The Morgan fingerprint density at radius 3 is 2.35 bits per heavy atom. The van der Waals surface area contributed by atoms with Crippen molar-refractivity contribution in [3.8, 4) is 0 Å². The molecule has 0 heterocycles. The number of rotatable bonds is 6. The molecular formula is C13H23NO3. The quantitative estimate of drug-likeness (QED) is 0.747. The van der Waals surface area contributed by atoms with E-state index in [9.17, 15) is 9.59 Å². The monoisotopic (exact) mass is 241 g/mol. The highest BCUT2D eigenvalue weighted by Crippen LogP contribution is 2.58. The molecule has 0 aromatic rings. The number of carbonyl (C=O) groups is 2. The fourth-order valence-electron chi connectivity index (χ4n) is 2.50. The van der Waals surface area contributed by atoms with Crippen molar-refractivity contribution in [1.29, 1.82) is 0 Å². The van der Waals surface area contributed by atoms with Crippen LogP contribution < -0.4 is 5.32 Å². The van der Waals surface area contributed by atoms with Gasteiger partial charge in [-0.1, -0.05) is 33.6 Å². The number of carboxylic acids is 1. The zero-order chi connectivity index (χ0) is 13.2. The topological polar surface area (TPSA) is 66.4 Å². The number of amides is 1. The zero-order valence-corrected chi connectivity index (χ0v) is 11.1. The lowest BCUT2D eigenvalue weighted by Crippen LogP contribution is -2.35. The molecule has 0 radical (unpaired) electrons. The minimum Gasteiger partial charge on any atom is -0.481 e. The first-order chi connectivity index (χ1) is 7.82. The molecular weight excluding hydrogens is 218 g/mol. The number of nitrogens with one attached hydrogen (secondary N) is 1. The highest BCUT2D eigenvalue weighted by atomic mass is 16.4. The Balaban J connectivity index is 2.47. The van der Waals surface area contributed by atoms with Crippen LogP contribution in [0.15, 0.2) is 0 Å². The summed E-state index contributed by atoms with van der Waals surface area (Å²) in [6, 6.07) is 0.133. The second-order valence-corrected chi connectivity index (χ2v) is 5.67.